The second kappa shape index (κ2) is 6.37. The van der Waals surface area contributed by atoms with Gasteiger partial charge in [0.25, 0.3) is 5.91 Å². The zero-order chi connectivity index (χ0) is 16.5. The molecule has 0 spiro atoms. The summed E-state index contributed by atoms with van der Waals surface area (Å²) in [5.74, 6) is 0.0302. The van der Waals surface area contributed by atoms with Crippen LogP contribution in [0.4, 0.5) is 0 Å². The first-order valence-electron chi connectivity index (χ1n) is 8.19. The maximum absolute atomic E-state index is 12.8. The Morgan fingerprint density at radius 1 is 1.25 bits per heavy atom. The molecule has 1 aliphatic heterocycles. The van der Waals surface area contributed by atoms with Gasteiger partial charge in [0.1, 0.15) is 0 Å². The summed E-state index contributed by atoms with van der Waals surface area (Å²) in [4.78, 5) is 18.5. The summed E-state index contributed by atoms with van der Waals surface area (Å²) in [6.07, 6.45) is 0. The number of amides is 1. The molecule has 24 heavy (non-hydrogen) atoms. The van der Waals surface area contributed by atoms with Crippen LogP contribution in [0.25, 0.3) is 10.9 Å². The third kappa shape index (κ3) is 2.95. The highest BCUT2D eigenvalue weighted by atomic mass is 32.1. The van der Waals surface area contributed by atoms with Crippen molar-refractivity contribution in [3.8, 4) is 0 Å². The number of carbonyl (C=O) groups is 1. The number of thiophene rings is 1. The number of piperazine rings is 1. The molecule has 3 heterocycles. The minimum absolute atomic E-state index is 0.0302. The summed E-state index contributed by atoms with van der Waals surface area (Å²) < 4.78 is 0. The van der Waals surface area contributed by atoms with Crippen molar-refractivity contribution in [1.82, 2.24) is 20.0 Å². The lowest BCUT2D eigenvalue weighted by Gasteiger charge is -2.34. The fourth-order valence-electron chi connectivity index (χ4n) is 3.17. The lowest BCUT2D eigenvalue weighted by molar-refractivity contribution is 0.0625. The van der Waals surface area contributed by atoms with E-state index in [1.54, 1.807) is 11.3 Å². The zero-order valence-electron chi connectivity index (χ0n) is 13.7. The van der Waals surface area contributed by atoms with Gasteiger partial charge in [-0.3, -0.25) is 14.8 Å². The van der Waals surface area contributed by atoms with Crippen LogP contribution < -0.4 is 0 Å². The van der Waals surface area contributed by atoms with Gasteiger partial charge in [-0.25, -0.2) is 0 Å². The Morgan fingerprint density at radius 3 is 2.83 bits per heavy atom. The van der Waals surface area contributed by atoms with Gasteiger partial charge in [-0.2, -0.15) is 5.10 Å². The Kier molecular flexibility index (Phi) is 4.08. The van der Waals surface area contributed by atoms with Crippen molar-refractivity contribution >= 4 is 28.1 Å². The van der Waals surface area contributed by atoms with Gasteiger partial charge in [0.05, 0.1) is 5.52 Å². The van der Waals surface area contributed by atoms with Crippen molar-refractivity contribution in [3.05, 3.63) is 51.8 Å². The molecule has 0 aliphatic carbocycles. The Morgan fingerprint density at radius 2 is 2.08 bits per heavy atom. The SMILES string of the molecule is Cc1ccc2[nH]nc(C(=O)N3CCN(Cc4cccs4)CC3)c2c1. The number of H-pyrrole nitrogens is 1. The highest BCUT2D eigenvalue weighted by Gasteiger charge is 2.25. The third-order valence-corrected chi connectivity index (χ3v) is 5.40. The first-order valence-corrected chi connectivity index (χ1v) is 9.07. The van der Waals surface area contributed by atoms with E-state index in [1.807, 2.05) is 30.0 Å². The quantitative estimate of drug-likeness (QED) is 0.798. The second-order valence-electron chi connectivity index (χ2n) is 6.27. The molecule has 2 aromatic heterocycles. The number of fused-ring (bicyclic) bond motifs is 1. The molecule has 1 fully saturated rings. The van der Waals surface area contributed by atoms with Gasteiger partial charge < -0.3 is 4.90 Å². The fraction of sp³-hybridized carbons (Fsp3) is 0.333. The smallest absolute Gasteiger partial charge is 0.275 e. The molecule has 0 unspecified atom stereocenters. The molecule has 0 saturated carbocycles. The highest BCUT2D eigenvalue weighted by Crippen LogP contribution is 2.20. The van der Waals surface area contributed by atoms with Crippen LogP contribution in [0.2, 0.25) is 0 Å². The van der Waals surface area contributed by atoms with E-state index in [1.165, 1.54) is 4.88 Å². The average Bonchev–Trinajstić information content (AvgIpc) is 3.24. The van der Waals surface area contributed by atoms with Crippen molar-refractivity contribution in [2.24, 2.45) is 0 Å². The molecule has 1 saturated heterocycles. The summed E-state index contributed by atoms with van der Waals surface area (Å²) in [6.45, 7) is 6.33. The van der Waals surface area contributed by atoms with Gasteiger partial charge in [0.2, 0.25) is 0 Å². The number of hydrogen-bond donors (Lipinski definition) is 1. The fourth-order valence-corrected chi connectivity index (χ4v) is 3.92. The number of rotatable bonds is 3. The first kappa shape index (κ1) is 15.4. The van der Waals surface area contributed by atoms with Crippen LogP contribution in [0.1, 0.15) is 20.9 Å². The van der Waals surface area contributed by atoms with Crippen LogP contribution in [0, 0.1) is 6.92 Å². The van der Waals surface area contributed by atoms with Gasteiger partial charge in [-0.1, -0.05) is 17.7 Å². The molecular weight excluding hydrogens is 320 g/mol. The van der Waals surface area contributed by atoms with Crippen LogP contribution >= 0.6 is 11.3 Å². The second-order valence-corrected chi connectivity index (χ2v) is 7.30. The Balaban J connectivity index is 1.45. The maximum atomic E-state index is 12.8. The van der Waals surface area contributed by atoms with E-state index in [4.69, 9.17) is 0 Å². The predicted octanol–water partition coefficient (Wildman–Crippen LogP) is 2.89. The third-order valence-electron chi connectivity index (χ3n) is 4.54. The van der Waals surface area contributed by atoms with E-state index in [-0.39, 0.29) is 5.91 Å². The van der Waals surface area contributed by atoms with Gasteiger partial charge in [0.15, 0.2) is 5.69 Å². The summed E-state index contributed by atoms with van der Waals surface area (Å²) in [5.41, 5.74) is 2.60. The predicted molar refractivity (Wildman–Crippen MR) is 96.3 cm³/mol. The van der Waals surface area contributed by atoms with Gasteiger partial charge >= 0.3 is 0 Å². The molecule has 0 bridgehead atoms. The van der Waals surface area contributed by atoms with E-state index >= 15 is 0 Å². The number of benzene rings is 1. The van der Waals surface area contributed by atoms with Gasteiger partial charge in [0, 0.05) is 43.0 Å². The van der Waals surface area contributed by atoms with Gasteiger partial charge in [-0.05, 0) is 30.5 Å². The van der Waals surface area contributed by atoms with Crippen LogP contribution in [0.15, 0.2) is 35.7 Å². The number of nitrogens with one attached hydrogen (secondary N) is 1. The lowest BCUT2D eigenvalue weighted by atomic mass is 10.1. The number of aryl methyl sites for hydroxylation is 1. The van der Waals surface area contributed by atoms with Crippen molar-refractivity contribution in [2.45, 2.75) is 13.5 Å². The summed E-state index contributed by atoms with van der Waals surface area (Å²) in [5, 5.41) is 10.3. The molecular formula is C18H20N4OS. The molecule has 4 rings (SSSR count). The monoisotopic (exact) mass is 340 g/mol. The summed E-state index contributed by atoms with van der Waals surface area (Å²) >= 11 is 1.79. The molecule has 124 valence electrons. The molecule has 3 aromatic rings. The molecule has 1 aromatic carbocycles. The molecule has 1 amide bonds. The van der Waals surface area contributed by atoms with Crippen LogP contribution in [-0.2, 0) is 6.54 Å². The van der Waals surface area contributed by atoms with Crippen molar-refractivity contribution in [2.75, 3.05) is 26.2 Å². The topological polar surface area (TPSA) is 52.2 Å². The van der Waals surface area contributed by atoms with Crippen LogP contribution in [-0.4, -0.2) is 52.1 Å². The van der Waals surface area contributed by atoms with E-state index < -0.39 is 0 Å². The number of carbonyl (C=O) groups excluding carboxylic acids is 1. The number of hydrogen-bond acceptors (Lipinski definition) is 4. The molecule has 1 aliphatic rings. The molecule has 6 heteroatoms. The molecule has 0 atom stereocenters. The van der Waals surface area contributed by atoms with Crippen LogP contribution in [0.5, 0.6) is 0 Å². The van der Waals surface area contributed by atoms with Crippen LogP contribution in [0.3, 0.4) is 0 Å². The highest BCUT2D eigenvalue weighted by molar-refractivity contribution is 7.09. The standard InChI is InChI=1S/C18H20N4OS/c1-13-4-5-16-15(11-13)17(20-19-16)18(23)22-8-6-21(7-9-22)12-14-3-2-10-24-14/h2-5,10-11H,6-9,12H2,1H3,(H,19,20). The maximum Gasteiger partial charge on any atom is 0.275 e. The minimum atomic E-state index is 0.0302. The largest absolute Gasteiger partial charge is 0.335 e. The Hall–Kier alpha value is -2.18. The van der Waals surface area contributed by atoms with E-state index in [0.29, 0.717) is 5.69 Å². The van der Waals surface area contributed by atoms with E-state index in [0.717, 1.165) is 49.2 Å². The molecule has 1 N–H and O–H groups in total. The molecule has 0 radical (unpaired) electrons. The normalized spacial score (nSPS) is 16.0. The number of aromatic nitrogens is 2. The number of nitrogens with zero attached hydrogens (tertiary/aromatic N) is 3. The van der Waals surface area contributed by atoms with Gasteiger partial charge in [-0.15, -0.1) is 11.3 Å². The number of aromatic amines is 1. The summed E-state index contributed by atoms with van der Waals surface area (Å²) in [6, 6.07) is 10.3. The van der Waals surface area contributed by atoms with Crippen molar-refractivity contribution in [1.29, 1.82) is 0 Å². The molecule has 5 nitrogen and oxygen atoms in total. The summed E-state index contributed by atoms with van der Waals surface area (Å²) in [7, 11) is 0. The lowest BCUT2D eigenvalue weighted by Crippen LogP contribution is -2.48. The Labute approximate surface area is 144 Å². The van der Waals surface area contributed by atoms with Crippen molar-refractivity contribution in [3.63, 3.8) is 0 Å². The zero-order valence-corrected chi connectivity index (χ0v) is 14.5. The van der Waals surface area contributed by atoms with E-state index in [9.17, 15) is 4.79 Å². The Bertz CT molecular complexity index is 847. The van der Waals surface area contributed by atoms with Crippen molar-refractivity contribution < 1.29 is 4.79 Å². The first-order chi connectivity index (χ1) is 11.7. The average molecular weight is 340 g/mol. The van der Waals surface area contributed by atoms with E-state index in [2.05, 4.69) is 32.6 Å². The minimum Gasteiger partial charge on any atom is -0.335 e.